The highest BCUT2D eigenvalue weighted by atomic mass is 19.4. The van der Waals surface area contributed by atoms with E-state index in [1.807, 2.05) is 6.92 Å². The fourth-order valence-electron chi connectivity index (χ4n) is 2.44. The predicted octanol–water partition coefficient (Wildman–Crippen LogP) is 5.32. The van der Waals surface area contributed by atoms with E-state index in [2.05, 4.69) is 19.2 Å². The van der Waals surface area contributed by atoms with Crippen LogP contribution < -0.4 is 5.32 Å². The quantitative estimate of drug-likeness (QED) is 0.715. The molecule has 1 atom stereocenters. The standard InChI is InChI=1S/C16H24F3N/c1-4-7-15(8-5-2)20-12(3)13-9-6-10-14(11-13)16(17,18)19/h6,9-12,15,20H,4-5,7-8H2,1-3H3. The van der Waals surface area contributed by atoms with E-state index in [0.29, 0.717) is 11.6 Å². The monoisotopic (exact) mass is 287 g/mol. The lowest BCUT2D eigenvalue weighted by molar-refractivity contribution is -0.137. The molecule has 4 heteroatoms. The molecule has 0 radical (unpaired) electrons. The summed E-state index contributed by atoms with van der Waals surface area (Å²) >= 11 is 0. The van der Waals surface area contributed by atoms with Crippen LogP contribution in [0.15, 0.2) is 24.3 Å². The first-order valence-corrected chi connectivity index (χ1v) is 7.31. The molecule has 0 aliphatic carbocycles. The van der Waals surface area contributed by atoms with Crippen LogP contribution in [0.3, 0.4) is 0 Å². The first kappa shape index (κ1) is 17.0. The van der Waals surface area contributed by atoms with E-state index >= 15 is 0 Å². The Labute approximate surface area is 119 Å². The summed E-state index contributed by atoms with van der Waals surface area (Å²) in [5.74, 6) is 0. The van der Waals surface area contributed by atoms with Gasteiger partial charge in [-0.2, -0.15) is 13.2 Å². The maximum absolute atomic E-state index is 12.7. The fraction of sp³-hybridized carbons (Fsp3) is 0.625. The Morgan fingerprint density at radius 1 is 1.10 bits per heavy atom. The molecule has 0 heterocycles. The van der Waals surface area contributed by atoms with Gasteiger partial charge in [0.05, 0.1) is 5.56 Å². The summed E-state index contributed by atoms with van der Waals surface area (Å²) in [6.45, 7) is 6.17. The van der Waals surface area contributed by atoms with E-state index in [-0.39, 0.29) is 6.04 Å². The summed E-state index contributed by atoms with van der Waals surface area (Å²) < 4.78 is 38.1. The Kier molecular flexibility index (Phi) is 6.53. The van der Waals surface area contributed by atoms with Gasteiger partial charge in [-0.3, -0.25) is 0 Å². The Morgan fingerprint density at radius 2 is 1.70 bits per heavy atom. The fourth-order valence-corrected chi connectivity index (χ4v) is 2.44. The molecular formula is C16H24F3N. The minimum Gasteiger partial charge on any atom is -0.307 e. The van der Waals surface area contributed by atoms with Crippen molar-refractivity contribution >= 4 is 0 Å². The molecule has 0 aliphatic rings. The SMILES string of the molecule is CCCC(CCC)NC(C)c1cccc(C(F)(F)F)c1. The van der Waals surface area contributed by atoms with E-state index in [9.17, 15) is 13.2 Å². The molecule has 0 amide bonds. The van der Waals surface area contributed by atoms with E-state index in [1.165, 1.54) is 12.1 Å². The smallest absolute Gasteiger partial charge is 0.307 e. The zero-order valence-corrected chi connectivity index (χ0v) is 12.4. The van der Waals surface area contributed by atoms with Gasteiger partial charge >= 0.3 is 6.18 Å². The van der Waals surface area contributed by atoms with Crippen molar-refractivity contribution in [3.05, 3.63) is 35.4 Å². The minimum atomic E-state index is -4.28. The highest BCUT2D eigenvalue weighted by molar-refractivity contribution is 5.27. The first-order chi connectivity index (χ1) is 9.38. The van der Waals surface area contributed by atoms with E-state index < -0.39 is 11.7 Å². The van der Waals surface area contributed by atoms with Crippen molar-refractivity contribution in [1.82, 2.24) is 5.32 Å². The van der Waals surface area contributed by atoms with Gasteiger partial charge in [0.2, 0.25) is 0 Å². The normalized spacial score (nSPS) is 13.8. The third kappa shape index (κ3) is 5.16. The lowest BCUT2D eigenvalue weighted by atomic mass is 10.0. The summed E-state index contributed by atoms with van der Waals surface area (Å²) in [4.78, 5) is 0. The Hall–Kier alpha value is -1.03. The maximum atomic E-state index is 12.7. The molecule has 114 valence electrons. The molecule has 0 aliphatic heterocycles. The van der Waals surface area contributed by atoms with Crippen LogP contribution >= 0.6 is 0 Å². The summed E-state index contributed by atoms with van der Waals surface area (Å²) in [5, 5.41) is 3.45. The third-order valence-electron chi connectivity index (χ3n) is 3.47. The van der Waals surface area contributed by atoms with Gasteiger partial charge in [0.1, 0.15) is 0 Å². The van der Waals surface area contributed by atoms with Crippen molar-refractivity contribution in [3.8, 4) is 0 Å². The minimum absolute atomic E-state index is 0.0691. The molecule has 1 rings (SSSR count). The van der Waals surface area contributed by atoms with Crippen LogP contribution in [0.5, 0.6) is 0 Å². The molecule has 1 N–H and O–H groups in total. The molecule has 0 bridgehead atoms. The summed E-state index contributed by atoms with van der Waals surface area (Å²) in [5.41, 5.74) is 0.114. The van der Waals surface area contributed by atoms with E-state index in [0.717, 1.165) is 31.7 Å². The molecule has 1 nitrogen and oxygen atoms in total. The zero-order valence-electron chi connectivity index (χ0n) is 12.4. The highest BCUT2D eigenvalue weighted by Crippen LogP contribution is 2.30. The molecule has 0 aromatic heterocycles. The first-order valence-electron chi connectivity index (χ1n) is 7.31. The summed E-state index contributed by atoms with van der Waals surface area (Å²) in [6.07, 6.45) is -0.0177. The van der Waals surface area contributed by atoms with Gasteiger partial charge < -0.3 is 5.32 Å². The van der Waals surface area contributed by atoms with Crippen molar-refractivity contribution in [2.24, 2.45) is 0 Å². The average molecular weight is 287 g/mol. The number of alkyl halides is 3. The van der Waals surface area contributed by atoms with Crippen LogP contribution in [0.2, 0.25) is 0 Å². The van der Waals surface area contributed by atoms with Crippen LogP contribution in [0.25, 0.3) is 0 Å². The average Bonchev–Trinajstić information content (AvgIpc) is 2.38. The number of benzene rings is 1. The van der Waals surface area contributed by atoms with Gasteiger partial charge in [-0.25, -0.2) is 0 Å². The van der Waals surface area contributed by atoms with Crippen LogP contribution in [-0.4, -0.2) is 6.04 Å². The molecule has 0 saturated carbocycles. The van der Waals surface area contributed by atoms with Gasteiger partial charge in [-0.15, -0.1) is 0 Å². The lowest BCUT2D eigenvalue weighted by Gasteiger charge is -2.23. The number of halogens is 3. The topological polar surface area (TPSA) is 12.0 Å². The molecule has 1 unspecified atom stereocenters. The van der Waals surface area contributed by atoms with Crippen LogP contribution in [-0.2, 0) is 6.18 Å². The summed E-state index contributed by atoms with van der Waals surface area (Å²) in [6, 6.07) is 5.89. The highest BCUT2D eigenvalue weighted by Gasteiger charge is 2.30. The second kappa shape index (κ2) is 7.67. The second-order valence-corrected chi connectivity index (χ2v) is 5.29. The van der Waals surface area contributed by atoms with Crippen LogP contribution in [0.4, 0.5) is 13.2 Å². The van der Waals surface area contributed by atoms with Crippen molar-refractivity contribution in [3.63, 3.8) is 0 Å². The van der Waals surface area contributed by atoms with Gasteiger partial charge in [-0.1, -0.05) is 38.8 Å². The molecule has 1 aromatic rings. The van der Waals surface area contributed by atoms with Gasteiger partial charge in [0.15, 0.2) is 0 Å². The molecule has 0 spiro atoms. The zero-order chi connectivity index (χ0) is 15.2. The Morgan fingerprint density at radius 3 is 2.20 bits per heavy atom. The largest absolute Gasteiger partial charge is 0.416 e. The maximum Gasteiger partial charge on any atom is 0.416 e. The van der Waals surface area contributed by atoms with Gasteiger partial charge in [-0.05, 0) is 37.5 Å². The molecule has 0 saturated heterocycles. The van der Waals surface area contributed by atoms with E-state index in [1.54, 1.807) is 6.07 Å². The summed E-state index contributed by atoms with van der Waals surface area (Å²) in [7, 11) is 0. The van der Waals surface area contributed by atoms with Crippen molar-refractivity contribution in [1.29, 1.82) is 0 Å². The van der Waals surface area contributed by atoms with Crippen molar-refractivity contribution in [2.45, 2.75) is 64.7 Å². The van der Waals surface area contributed by atoms with Gasteiger partial charge in [0, 0.05) is 12.1 Å². The Balaban J connectivity index is 2.78. The number of rotatable bonds is 7. The second-order valence-electron chi connectivity index (χ2n) is 5.29. The predicted molar refractivity (Wildman–Crippen MR) is 76.6 cm³/mol. The molecule has 20 heavy (non-hydrogen) atoms. The molecular weight excluding hydrogens is 263 g/mol. The van der Waals surface area contributed by atoms with Crippen LogP contribution in [0, 0.1) is 0 Å². The number of hydrogen-bond donors (Lipinski definition) is 1. The van der Waals surface area contributed by atoms with E-state index in [4.69, 9.17) is 0 Å². The van der Waals surface area contributed by atoms with Crippen molar-refractivity contribution < 1.29 is 13.2 Å². The number of nitrogens with one attached hydrogen (secondary N) is 1. The molecule has 0 fully saturated rings. The van der Waals surface area contributed by atoms with Crippen molar-refractivity contribution in [2.75, 3.05) is 0 Å². The molecule has 1 aromatic carbocycles. The van der Waals surface area contributed by atoms with Gasteiger partial charge in [0.25, 0.3) is 0 Å². The Bertz CT molecular complexity index is 395. The van der Waals surface area contributed by atoms with Crippen LogP contribution in [0.1, 0.15) is 63.6 Å². The lowest BCUT2D eigenvalue weighted by Crippen LogP contribution is -2.31. The third-order valence-corrected chi connectivity index (χ3v) is 3.47. The number of hydrogen-bond acceptors (Lipinski definition) is 1.